The molecule has 0 bridgehead atoms. The molecule has 0 saturated heterocycles. The van der Waals surface area contributed by atoms with Gasteiger partial charge in [0.15, 0.2) is 0 Å². The van der Waals surface area contributed by atoms with Crippen LogP contribution in [0.5, 0.6) is 0 Å². The fourth-order valence-corrected chi connectivity index (χ4v) is 1.04. The summed E-state index contributed by atoms with van der Waals surface area (Å²) in [4.78, 5) is 8.51. The summed E-state index contributed by atoms with van der Waals surface area (Å²) in [6.45, 7) is 4.16. The van der Waals surface area contributed by atoms with Crippen LogP contribution in [0.3, 0.4) is 0 Å². The van der Waals surface area contributed by atoms with Crippen molar-refractivity contribution in [3.8, 4) is 0 Å². The average molecular weight is 162 g/mol. The molecule has 0 aromatic carbocycles. The predicted molar refractivity (Wildman–Crippen MR) is 45.9 cm³/mol. The molecule has 0 saturated carbocycles. The summed E-state index contributed by atoms with van der Waals surface area (Å²) in [5.74, 6) is 0.395. The lowest BCUT2D eigenvalue weighted by molar-refractivity contribution is 0.598. The molecule has 0 unspecified atom stereocenters. The maximum absolute atomic E-state index is 5.14. The predicted octanol–water partition coefficient (Wildman–Crippen LogP) is 2.35. The lowest BCUT2D eigenvalue weighted by atomic mass is 10.1. The third-order valence-corrected chi connectivity index (χ3v) is 1.78. The van der Waals surface area contributed by atoms with E-state index in [4.69, 9.17) is 4.42 Å². The molecule has 2 rings (SSSR count). The van der Waals surface area contributed by atoms with Crippen molar-refractivity contribution in [1.82, 2.24) is 9.97 Å². The van der Waals surface area contributed by atoms with Gasteiger partial charge in [0.2, 0.25) is 5.71 Å². The fourth-order valence-electron chi connectivity index (χ4n) is 1.04. The van der Waals surface area contributed by atoms with Crippen LogP contribution in [0.4, 0.5) is 0 Å². The molecule has 0 N–H and O–H groups in total. The molecule has 2 aromatic heterocycles. The standard InChI is InChI=1S/C9H10N2O/c1-6(2)8-5-10-7-3-4-12-9(7)11-8/h3-6H,1-2H3. The Labute approximate surface area is 70.4 Å². The Balaban J connectivity index is 2.60. The highest BCUT2D eigenvalue weighted by Gasteiger charge is 2.04. The van der Waals surface area contributed by atoms with Gasteiger partial charge in [-0.1, -0.05) is 13.8 Å². The highest BCUT2D eigenvalue weighted by atomic mass is 16.3. The zero-order valence-electron chi connectivity index (χ0n) is 7.11. The van der Waals surface area contributed by atoms with Crippen LogP contribution in [-0.4, -0.2) is 9.97 Å². The molecule has 0 radical (unpaired) electrons. The largest absolute Gasteiger partial charge is 0.445 e. The van der Waals surface area contributed by atoms with Crippen molar-refractivity contribution in [2.45, 2.75) is 19.8 Å². The molecule has 2 aromatic rings. The molecular weight excluding hydrogens is 152 g/mol. The number of furan rings is 1. The van der Waals surface area contributed by atoms with E-state index in [9.17, 15) is 0 Å². The van der Waals surface area contributed by atoms with E-state index in [2.05, 4.69) is 23.8 Å². The topological polar surface area (TPSA) is 38.9 Å². The van der Waals surface area contributed by atoms with Crippen LogP contribution in [0.25, 0.3) is 11.2 Å². The van der Waals surface area contributed by atoms with Gasteiger partial charge in [0, 0.05) is 12.3 Å². The van der Waals surface area contributed by atoms with Crippen molar-refractivity contribution < 1.29 is 4.42 Å². The third kappa shape index (κ3) is 1.07. The molecule has 0 spiro atoms. The summed E-state index contributed by atoms with van der Waals surface area (Å²) < 4.78 is 5.14. The van der Waals surface area contributed by atoms with Gasteiger partial charge < -0.3 is 4.42 Å². The summed E-state index contributed by atoms with van der Waals surface area (Å²) in [7, 11) is 0. The van der Waals surface area contributed by atoms with E-state index in [1.165, 1.54) is 0 Å². The molecule has 0 aliphatic heterocycles. The van der Waals surface area contributed by atoms with Crippen LogP contribution in [0.2, 0.25) is 0 Å². The van der Waals surface area contributed by atoms with Gasteiger partial charge in [0.25, 0.3) is 0 Å². The highest BCUT2D eigenvalue weighted by molar-refractivity contribution is 5.67. The molecule has 3 nitrogen and oxygen atoms in total. The minimum absolute atomic E-state index is 0.395. The van der Waals surface area contributed by atoms with Crippen LogP contribution >= 0.6 is 0 Å². The number of hydrogen-bond donors (Lipinski definition) is 0. The molecule has 0 aliphatic rings. The number of fused-ring (bicyclic) bond motifs is 1. The fraction of sp³-hybridized carbons (Fsp3) is 0.333. The molecule has 3 heteroatoms. The van der Waals surface area contributed by atoms with Crippen molar-refractivity contribution in [3.63, 3.8) is 0 Å². The molecule has 0 aliphatic carbocycles. The molecule has 62 valence electrons. The summed E-state index contributed by atoms with van der Waals surface area (Å²) >= 11 is 0. The first-order valence-electron chi connectivity index (χ1n) is 3.97. The Morgan fingerprint density at radius 1 is 1.42 bits per heavy atom. The SMILES string of the molecule is CC(C)c1cnc2ccoc2n1. The number of rotatable bonds is 1. The van der Waals surface area contributed by atoms with Gasteiger partial charge in [-0.3, -0.25) is 0 Å². The second-order valence-corrected chi connectivity index (χ2v) is 3.06. The van der Waals surface area contributed by atoms with Crippen molar-refractivity contribution in [2.75, 3.05) is 0 Å². The molecule has 0 atom stereocenters. The Bertz CT molecular complexity index is 392. The summed E-state index contributed by atoms with van der Waals surface area (Å²) in [5.41, 5.74) is 2.41. The Morgan fingerprint density at radius 3 is 3.00 bits per heavy atom. The normalized spacial score (nSPS) is 11.2. The maximum Gasteiger partial charge on any atom is 0.245 e. The minimum atomic E-state index is 0.395. The smallest absolute Gasteiger partial charge is 0.245 e. The van der Waals surface area contributed by atoms with E-state index >= 15 is 0 Å². The van der Waals surface area contributed by atoms with E-state index in [1.54, 1.807) is 12.5 Å². The second-order valence-electron chi connectivity index (χ2n) is 3.06. The number of hydrogen-bond acceptors (Lipinski definition) is 3. The highest BCUT2D eigenvalue weighted by Crippen LogP contribution is 2.15. The summed E-state index contributed by atoms with van der Waals surface area (Å²) in [6, 6.07) is 1.81. The zero-order chi connectivity index (χ0) is 8.55. The van der Waals surface area contributed by atoms with Gasteiger partial charge in [-0.05, 0) is 5.92 Å². The third-order valence-electron chi connectivity index (χ3n) is 1.78. The quantitative estimate of drug-likeness (QED) is 0.646. The maximum atomic E-state index is 5.14. The Kier molecular flexibility index (Phi) is 1.57. The van der Waals surface area contributed by atoms with Gasteiger partial charge >= 0.3 is 0 Å². The Morgan fingerprint density at radius 2 is 2.25 bits per heavy atom. The molecule has 12 heavy (non-hydrogen) atoms. The van der Waals surface area contributed by atoms with Crippen molar-refractivity contribution in [2.24, 2.45) is 0 Å². The summed E-state index contributed by atoms with van der Waals surface area (Å²) in [6.07, 6.45) is 3.40. The van der Waals surface area contributed by atoms with Crippen molar-refractivity contribution >= 4 is 11.2 Å². The Hall–Kier alpha value is -1.38. The van der Waals surface area contributed by atoms with Gasteiger partial charge in [0.1, 0.15) is 5.52 Å². The van der Waals surface area contributed by atoms with Crippen LogP contribution in [-0.2, 0) is 0 Å². The first kappa shape index (κ1) is 7.28. The van der Waals surface area contributed by atoms with Gasteiger partial charge in [-0.15, -0.1) is 0 Å². The number of nitrogens with zero attached hydrogens (tertiary/aromatic N) is 2. The van der Waals surface area contributed by atoms with Gasteiger partial charge in [0.05, 0.1) is 12.0 Å². The second kappa shape index (κ2) is 2.59. The van der Waals surface area contributed by atoms with E-state index in [0.717, 1.165) is 11.2 Å². The van der Waals surface area contributed by atoms with Crippen LogP contribution in [0.1, 0.15) is 25.5 Å². The van der Waals surface area contributed by atoms with Crippen LogP contribution in [0.15, 0.2) is 22.9 Å². The lowest BCUT2D eigenvalue weighted by Crippen LogP contribution is -1.92. The zero-order valence-corrected chi connectivity index (χ0v) is 7.11. The first-order chi connectivity index (χ1) is 5.77. The van der Waals surface area contributed by atoms with Crippen LogP contribution < -0.4 is 0 Å². The molecule has 0 amide bonds. The first-order valence-corrected chi connectivity index (χ1v) is 3.97. The van der Waals surface area contributed by atoms with Crippen molar-refractivity contribution in [3.05, 3.63) is 24.2 Å². The number of aromatic nitrogens is 2. The van der Waals surface area contributed by atoms with Gasteiger partial charge in [-0.25, -0.2) is 9.97 Å². The molecular formula is C9H10N2O. The monoisotopic (exact) mass is 162 g/mol. The molecule has 0 fully saturated rings. The minimum Gasteiger partial charge on any atom is -0.445 e. The van der Waals surface area contributed by atoms with E-state index in [-0.39, 0.29) is 0 Å². The molecule has 2 heterocycles. The van der Waals surface area contributed by atoms with Crippen LogP contribution in [0, 0.1) is 0 Å². The van der Waals surface area contributed by atoms with Gasteiger partial charge in [-0.2, -0.15) is 0 Å². The summed E-state index contributed by atoms with van der Waals surface area (Å²) in [5, 5.41) is 0. The van der Waals surface area contributed by atoms with Crippen molar-refractivity contribution in [1.29, 1.82) is 0 Å². The van der Waals surface area contributed by atoms with E-state index in [0.29, 0.717) is 11.6 Å². The average Bonchev–Trinajstić information content (AvgIpc) is 2.49. The lowest BCUT2D eigenvalue weighted by Gasteiger charge is -2.00. The van der Waals surface area contributed by atoms with E-state index < -0.39 is 0 Å². The van der Waals surface area contributed by atoms with E-state index in [1.807, 2.05) is 6.07 Å².